The Labute approximate surface area is 133 Å². The minimum absolute atomic E-state index is 0.0486. The van der Waals surface area contributed by atoms with Crippen LogP contribution < -0.4 is 16.0 Å². The first kappa shape index (κ1) is 17.8. The van der Waals surface area contributed by atoms with E-state index < -0.39 is 30.6 Å². The van der Waals surface area contributed by atoms with Gasteiger partial charge in [0.05, 0.1) is 0 Å². The maximum absolute atomic E-state index is 12.7. The molecular formula is C14H23F3N4O2. The molecule has 2 atom stereocenters. The molecule has 1 aliphatic carbocycles. The van der Waals surface area contributed by atoms with Crippen LogP contribution in [0.3, 0.4) is 0 Å². The van der Waals surface area contributed by atoms with Crippen LogP contribution in [0.15, 0.2) is 0 Å². The number of halogens is 3. The number of urea groups is 2. The number of carbonyl (C=O) groups excluding carboxylic acids is 2. The quantitative estimate of drug-likeness (QED) is 0.738. The molecule has 0 bridgehead atoms. The lowest BCUT2D eigenvalue weighted by atomic mass is 9.84. The first-order valence-electron chi connectivity index (χ1n) is 7.93. The minimum atomic E-state index is -4.66. The summed E-state index contributed by atoms with van der Waals surface area (Å²) >= 11 is 0. The van der Waals surface area contributed by atoms with Crippen LogP contribution in [-0.2, 0) is 0 Å². The molecule has 0 radical (unpaired) electrons. The van der Waals surface area contributed by atoms with E-state index in [0.29, 0.717) is 5.92 Å². The second kappa shape index (κ2) is 6.94. The van der Waals surface area contributed by atoms with Gasteiger partial charge in [-0.3, -0.25) is 5.32 Å². The van der Waals surface area contributed by atoms with Crippen LogP contribution >= 0.6 is 0 Å². The Kier molecular flexibility index (Phi) is 5.38. The number of carbonyl (C=O) groups is 2. The van der Waals surface area contributed by atoms with Crippen LogP contribution in [0, 0.1) is 5.92 Å². The molecule has 1 unspecified atom stereocenters. The molecule has 2 rings (SSSR count). The van der Waals surface area contributed by atoms with E-state index >= 15 is 0 Å². The third kappa shape index (κ3) is 4.27. The summed E-state index contributed by atoms with van der Waals surface area (Å²) in [5.41, 5.74) is 0. The van der Waals surface area contributed by atoms with Gasteiger partial charge in [-0.15, -0.1) is 0 Å². The van der Waals surface area contributed by atoms with Gasteiger partial charge in [-0.2, -0.15) is 13.2 Å². The van der Waals surface area contributed by atoms with Crippen molar-refractivity contribution in [2.75, 3.05) is 0 Å². The molecule has 0 aromatic carbocycles. The highest BCUT2D eigenvalue weighted by atomic mass is 19.4. The Hall–Kier alpha value is -1.51. The maximum atomic E-state index is 12.7. The van der Waals surface area contributed by atoms with E-state index in [1.807, 2.05) is 6.92 Å². The second-order valence-electron chi connectivity index (χ2n) is 6.27. The van der Waals surface area contributed by atoms with Gasteiger partial charge in [-0.05, 0) is 32.6 Å². The van der Waals surface area contributed by atoms with Crippen LogP contribution in [0.4, 0.5) is 22.8 Å². The lowest BCUT2D eigenvalue weighted by molar-refractivity contribution is -0.166. The van der Waals surface area contributed by atoms with Gasteiger partial charge in [-0.25, -0.2) is 14.5 Å². The van der Waals surface area contributed by atoms with Crippen molar-refractivity contribution >= 4 is 12.1 Å². The van der Waals surface area contributed by atoms with E-state index in [1.165, 1.54) is 6.42 Å². The highest BCUT2D eigenvalue weighted by Crippen LogP contribution is 2.27. The molecule has 4 amide bonds. The van der Waals surface area contributed by atoms with Gasteiger partial charge in [0, 0.05) is 6.04 Å². The first-order valence-corrected chi connectivity index (χ1v) is 7.93. The Morgan fingerprint density at radius 3 is 2.09 bits per heavy atom. The number of imide groups is 1. The highest BCUT2D eigenvalue weighted by molar-refractivity contribution is 5.96. The molecule has 1 heterocycles. The van der Waals surface area contributed by atoms with Crippen molar-refractivity contribution in [3.8, 4) is 0 Å². The molecule has 6 nitrogen and oxygen atoms in total. The fraction of sp³-hybridized carbons (Fsp3) is 0.857. The van der Waals surface area contributed by atoms with Gasteiger partial charge in [0.2, 0.25) is 0 Å². The van der Waals surface area contributed by atoms with Crippen molar-refractivity contribution in [3.05, 3.63) is 0 Å². The number of nitrogens with zero attached hydrogens (tertiary/aromatic N) is 1. The average molecular weight is 336 g/mol. The fourth-order valence-corrected chi connectivity index (χ4v) is 3.13. The number of hydrogen-bond acceptors (Lipinski definition) is 3. The molecule has 132 valence electrons. The van der Waals surface area contributed by atoms with Gasteiger partial charge < -0.3 is 10.6 Å². The molecule has 3 N–H and O–H groups in total. The molecule has 1 saturated carbocycles. The zero-order valence-electron chi connectivity index (χ0n) is 13.2. The van der Waals surface area contributed by atoms with Crippen molar-refractivity contribution in [1.82, 2.24) is 20.9 Å². The number of rotatable bonds is 4. The van der Waals surface area contributed by atoms with Crippen LogP contribution in [-0.4, -0.2) is 41.5 Å². The largest absolute Gasteiger partial charge is 0.409 e. The average Bonchev–Trinajstić information content (AvgIpc) is 2.46. The smallest absolute Gasteiger partial charge is 0.305 e. The fourth-order valence-electron chi connectivity index (χ4n) is 3.13. The molecule has 0 aromatic rings. The summed E-state index contributed by atoms with van der Waals surface area (Å²) in [6.07, 6.45) is 0.131. The van der Waals surface area contributed by atoms with Gasteiger partial charge in [0.1, 0.15) is 6.04 Å². The molecule has 9 heteroatoms. The van der Waals surface area contributed by atoms with Crippen LogP contribution in [0.1, 0.15) is 46.0 Å². The molecule has 23 heavy (non-hydrogen) atoms. The molecular weight excluding hydrogens is 313 g/mol. The summed E-state index contributed by atoms with van der Waals surface area (Å²) in [7, 11) is 0. The van der Waals surface area contributed by atoms with Crippen molar-refractivity contribution in [2.24, 2.45) is 5.92 Å². The zero-order chi connectivity index (χ0) is 17.2. The molecule has 2 aliphatic rings. The molecule has 2 fully saturated rings. The first-order chi connectivity index (χ1) is 10.7. The van der Waals surface area contributed by atoms with Crippen LogP contribution in [0.25, 0.3) is 0 Å². The predicted molar refractivity (Wildman–Crippen MR) is 77.4 cm³/mol. The third-order valence-electron chi connectivity index (χ3n) is 4.62. The summed E-state index contributed by atoms with van der Waals surface area (Å²) in [5, 5.41) is 7.80. The summed E-state index contributed by atoms with van der Waals surface area (Å²) in [4.78, 5) is 23.9. The summed E-state index contributed by atoms with van der Waals surface area (Å²) < 4.78 is 38.1. The van der Waals surface area contributed by atoms with Crippen LogP contribution in [0.5, 0.6) is 0 Å². The summed E-state index contributed by atoms with van der Waals surface area (Å²) in [6, 6.07) is -4.23. The summed E-state index contributed by atoms with van der Waals surface area (Å²) in [6.45, 7) is 2.73. The van der Waals surface area contributed by atoms with Crippen molar-refractivity contribution in [2.45, 2.75) is 70.5 Å². The normalized spacial score (nSPS) is 24.1. The Morgan fingerprint density at radius 2 is 1.61 bits per heavy atom. The second-order valence-corrected chi connectivity index (χ2v) is 6.27. The van der Waals surface area contributed by atoms with E-state index in [4.69, 9.17) is 0 Å². The Bertz CT molecular complexity index is 434. The van der Waals surface area contributed by atoms with E-state index in [1.54, 1.807) is 0 Å². The number of nitrogens with one attached hydrogen (secondary N) is 3. The van der Waals surface area contributed by atoms with Crippen molar-refractivity contribution < 1.29 is 22.8 Å². The monoisotopic (exact) mass is 336 g/mol. The predicted octanol–water partition coefficient (Wildman–Crippen LogP) is 2.51. The van der Waals surface area contributed by atoms with Gasteiger partial charge >= 0.3 is 18.2 Å². The molecule has 1 saturated heterocycles. The van der Waals surface area contributed by atoms with E-state index in [9.17, 15) is 22.8 Å². The lowest BCUT2D eigenvalue weighted by Gasteiger charge is -2.38. The van der Waals surface area contributed by atoms with E-state index in [-0.39, 0.29) is 10.9 Å². The van der Waals surface area contributed by atoms with Gasteiger partial charge in [0.15, 0.2) is 6.29 Å². The SMILES string of the molecule is CC(N1C(=O)NC(N[C@@H](C)C2CCCCC2)NC1=O)C(F)(F)F. The highest BCUT2D eigenvalue weighted by Gasteiger charge is 2.47. The minimum Gasteiger partial charge on any atom is -0.305 e. The van der Waals surface area contributed by atoms with Gasteiger partial charge in [0.25, 0.3) is 0 Å². The lowest BCUT2D eigenvalue weighted by Crippen LogP contribution is -2.71. The van der Waals surface area contributed by atoms with Gasteiger partial charge in [-0.1, -0.05) is 19.3 Å². The Balaban J connectivity index is 1.93. The number of alkyl halides is 3. The number of amides is 4. The Morgan fingerprint density at radius 1 is 1.09 bits per heavy atom. The molecule has 0 aromatic heterocycles. The molecule has 0 spiro atoms. The van der Waals surface area contributed by atoms with Crippen LogP contribution in [0.2, 0.25) is 0 Å². The number of hydrogen-bond donors (Lipinski definition) is 3. The van der Waals surface area contributed by atoms with E-state index in [0.717, 1.165) is 32.6 Å². The maximum Gasteiger partial charge on any atom is 0.409 e. The standard InChI is InChI=1S/C14H23F3N4O2/c1-8(10-6-4-3-5-7-10)18-11-19-12(22)21(13(23)20-11)9(2)14(15,16)17/h8-11,18H,3-7H2,1-2H3,(H,19,22)(H,20,23)/t8-,9?/m0/s1. The van der Waals surface area contributed by atoms with Crippen molar-refractivity contribution in [1.29, 1.82) is 0 Å². The topological polar surface area (TPSA) is 73.5 Å². The third-order valence-corrected chi connectivity index (χ3v) is 4.62. The van der Waals surface area contributed by atoms with E-state index in [2.05, 4.69) is 16.0 Å². The zero-order valence-corrected chi connectivity index (χ0v) is 13.2. The van der Waals surface area contributed by atoms with Crippen molar-refractivity contribution in [3.63, 3.8) is 0 Å². The molecule has 1 aliphatic heterocycles. The summed E-state index contributed by atoms with van der Waals surface area (Å²) in [5.74, 6) is 0.435.